The highest BCUT2D eigenvalue weighted by atomic mass is 35.5. The zero-order valence-corrected chi connectivity index (χ0v) is 11.3. The zero-order valence-electron chi connectivity index (χ0n) is 9.75. The number of ketones is 1. The molecule has 3 atom stereocenters. The fourth-order valence-corrected chi connectivity index (χ4v) is 3.24. The summed E-state index contributed by atoms with van der Waals surface area (Å²) in [6, 6.07) is 5.79. The molecular weight excluding hydrogens is 271 g/mol. The fourth-order valence-electron chi connectivity index (χ4n) is 2.93. The van der Waals surface area contributed by atoms with Crippen LogP contribution in [0.1, 0.15) is 30.9 Å². The first kappa shape index (κ1) is 12.4. The molecule has 0 radical (unpaired) electrons. The quantitative estimate of drug-likeness (QED) is 0.833. The summed E-state index contributed by atoms with van der Waals surface area (Å²) in [7, 11) is 0. The summed E-state index contributed by atoms with van der Waals surface area (Å²) in [5.41, 5.74) is 7.46. The van der Waals surface area contributed by atoms with Crippen LogP contribution in [0.25, 0.3) is 0 Å². The lowest BCUT2D eigenvalue weighted by Crippen LogP contribution is -2.36. The highest BCUT2D eigenvalue weighted by molar-refractivity contribution is 6.42. The van der Waals surface area contributed by atoms with Gasteiger partial charge in [0.1, 0.15) is 5.78 Å². The predicted octanol–water partition coefficient (Wildman–Crippen LogP) is 2.88. The number of halogens is 2. The first-order valence-corrected chi connectivity index (χ1v) is 6.91. The van der Waals surface area contributed by atoms with E-state index >= 15 is 0 Å². The first-order valence-electron chi connectivity index (χ1n) is 6.15. The molecule has 3 unspecified atom stereocenters. The Kier molecular flexibility index (Phi) is 3.32. The molecule has 2 N–H and O–H groups in total. The third kappa shape index (κ3) is 2.05. The number of rotatable bonds is 1. The van der Waals surface area contributed by atoms with Crippen LogP contribution in [-0.2, 0) is 4.79 Å². The average Bonchev–Trinajstić information content (AvgIpc) is 2.78. The molecule has 2 fully saturated rings. The zero-order chi connectivity index (χ0) is 12.7. The molecule has 1 saturated heterocycles. The number of benzene rings is 1. The van der Waals surface area contributed by atoms with Gasteiger partial charge >= 0.3 is 0 Å². The van der Waals surface area contributed by atoms with Gasteiger partial charge in [0.2, 0.25) is 0 Å². The van der Waals surface area contributed by atoms with Crippen molar-refractivity contribution in [3.05, 3.63) is 33.8 Å². The molecule has 0 bridgehead atoms. The van der Waals surface area contributed by atoms with Crippen LogP contribution in [0.3, 0.4) is 0 Å². The van der Waals surface area contributed by atoms with Gasteiger partial charge in [0, 0.05) is 12.5 Å². The minimum atomic E-state index is -0.00225. The van der Waals surface area contributed by atoms with E-state index in [0.717, 1.165) is 18.4 Å². The summed E-state index contributed by atoms with van der Waals surface area (Å²) < 4.78 is 0. The molecule has 1 aromatic carbocycles. The average molecular weight is 285 g/mol. The lowest BCUT2D eigenvalue weighted by atomic mass is 9.78. The van der Waals surface area contributed by atoms with Crippen molar-refractivity contribution in [1.29, 1.82) is 0 Å². The number of carbonyl (C=O) groups excluding carboxylic acids is 1. The molecule has 96 valence electrons. The summed E-state index contributed by atoms with van der Waals surface area (Å²) in [6.07, 6.45) is 2.70. The van der Waals surface area contributed by atoms with Gasteiger partial charge in [-0.2, -0.15) is 0 Å². The van der Waals surface area contributed by atoms with Crippen molar-refractivity contribution in [3.63, 3.8) is 0 Å². The number of carbonyl (C=O) groups is 1. The van der Waals surface area contributed by atoms with Gasteiger partial charge in [0.25, 0.3) is 0 Å². The van der Waals surface area contributed by atoms with Gasteiger partial charge in [-0.3, -0.25) is 10.2 Å². The second-order valence-corrected chi connectivity index (χ2v) is 5.75. The molecule has 5 heteroatoms. The third-order valence-corrected chi connectivity index (χ3v) is 4.57. The Bertz CT molecular complexity index is 492. The fraction of sp³-hybridized carbons (Fsp3) is 0.462. The van der Waals surface area contributed by atoms with Gasteiger partial charge in [0.05, 0.1) is 22.0 Å². The van der Waals surface area contributed by atoms with Gasteiger partial charge in [-0.05, 0) is 30.5 Å². The van der Waals surface area contributed by atoms with Crippen molar-refractivity contribution >= 4 is 29.0 Å². The van der Waals surface area contributed by atoms with Gasteiger partial charge in [-0.15, -0.1) is 0 Å². The normalized spacial score (nSPS) is 31.4. The maximum absolute atomic E-state index is 12.1. The Balaban J connectivity index is 1.92. The molecule has 1 heterocycles. The van der Waals surface area contributed by atoms with Crippen LogP contribution in [0.4, 0.5) is 0 Å². The van der Waals surface area contributed by atoms with Crippen LogP contribution in [0, 0.1) is 5.92 Å². The molecule has 1 aromatic rings. The maximum Gasteiger partial charge on any atom is 0.139 e. The van der Waals surface area contributed by atoms with Crippen LogP contribution in [0.15, 0.2) is 18.2 Å². The largest absolute Gasteiger partial charge is 0.299 e. The second kappa shape index (κ2) is 4.82. The molecular formula is C13H14Cl2N2O. The van der Waals surface area contributed by atoms with Gasteiger partial charge in [0.15, 0.2) is 0 Å². The van der Waals surface area contributed by atoms with Crippen molar-refractivity contribution in [2.75, 3.05) is 0 Å². The van der Waals surface area contributed by atoms with Crippen LogP contribution in [-0.4, -0.2) is 11.8 Å². The number of hydrogen-bond acceptors (Lipinski definition) is 3. The molecule has 18 heavy (non-hydrogen) atoms. The predicted molar refractivity (Wildman–Crippen MR) is 71.6 cm³/mol. The van der Waals surface area contributed by atoms with Crippen molar-refractivity contribution in [1.82, 2.24) is 10.9 Å². The number of Topliss-reactive ketones (excluding diaryl/α,β-unsaturated/α-hetero) is 1. The number of hydrogen-bond donors (Lipinski definition) is 2. The molecule has 0 amide bonds. The molecule has 0 spiro atoms. The highest BCUT2D eigenvalue weighted by Crippen LogP contribution is 2.37. The minimum Gasteiger partial charge on any atom is -0.299 e. The van der Waals surface area contributed by atoms with E-state index in [-0.39, 0.29) is 18.0 Å². The van der Waals surface area contributed by atoms with E-state index in [4.69, 9.17) is 23.2 Å². The summed E-state index contributed by atoms with van der Waals surface area (Å²) in [5.74, 6) is 0.343. The Morgan fingerprint density at radius 1 is 1.17 bits per heavy atom. The van der Waals surface area contributed by atoms with Crippen molar-refractivity contribution in [2.24, 2.45) is 5.92 Å². The molecule has 0 aromatic heterocycles. The number of fused-ring (bicyclic) bond motifs is 1. The van der Waals surface area contributed by atoms with Crippen LogP contribution in [0.2, 0.25) is 10.0 Å². The topological polar surface area (TPSA) is 41.1 Å². The third-order valence-electron chi connectivity index (χ3n) is 3.83. The summed E-state index contributed by atoms with van der Waals surface area (Å²) >= 11 is 12.0. The van der Waals surface area contributed by atoms with E-state index in [1.54, 1.807) is 6.07 Å². The first-order chi connectivity index (χ1) is 8.66. The molecule has 3 rings (SSSR count). The van der Waals surface area contributed by atoms with Crippen LogP contribution >= 0.6 is 23.2 Å². The SMILES string of the molecule is O=C1CCCC2NNC(c3ccc(Cl)c(Cl)c3)C12. The monoisotopic (exact) mass is 284 g/mol. The summed E-state index contributed by atoms with van der Waals surface area (Å²) in [6.45, 7) is 0. The lowest BCUT2D eigenvalue weighted by Gasteiger charge is -2.26. The van der Waals surface area contributed by atoms with E-state index in [0.29, 0.717) is 22.2 Å². The lowest BCUT2D eigenvalue weighted by molar-refractivity contribution is -0.125. The van der Waals surface area contributed by atoms with E-state index in [9.17, 15) is 4.79 Å². The van der Waals surface area contributed by atoms with Crippen LogP contribution in [0.5, 0.6) is 0 Å². The summed E-state index contributed by atoms with van der Waals surface area (Å²) in [5, 5.41) is 1.07. The van der Waals surface area contributed by atoms with Gasteiger partial charge in [-0.1, -0.05) is 29.3 Å². The molecule has 1 saturated carbocycles. The molecule has 1 aliphatic heterocycles. The van der Waals surface area contributed by atoms with Crippen molar-refractivity contribution in [3.8, 4) is 0 Å². The maximum atomic E-state index is 12.1. The van der Waals surface area contributed by atoms with E-state index in [1.807, 2.05) is 12.1 Å². The van der Waals surface area contributed by atoms with E-state index < -0.39 is 0 Å². The highest BCUT2D eigenvalue weighted by Gasteiger charge is 2.43. The molecule has 1 aliphatic carbocycles. The van der Waals surface area contributed by atoms with Gasteiger partial charge < -0.3 is 0 Å². The Morgan fingerprint density at radius 3 is 2.78 bits per heavy atom. The minimum absolute atomic E-state index is 0.00225. The molecule has 2 aliphatic rings. The summed E-state index contributed by atoms with van der Waals surface area (Å²) in [4.78, 5) is 12.1. The number of nitrogens with one attached hydrogen (secondary N) is 2. The van der Waals surface area contributed by atoms with Crippen molar-refractivity contribution < 1.29 is 4.79 Å². The molecule has 3 nitrogen and oxygen atoms in total. The van der Waals surface area contributed by atoms with Crippen molar-refractivity contribution in [2.45, 2.75) is 31.3 Å². The smallest absolute Gasteiger partial charge is 0.139 e. The van der Waals surface area contributed by atoms with Crippen LogP contribution < -0.4 is 10.9 Å². The van der Waals surface area contributed by atoms with E-state index in [2.05, 4.69) is 10.9 Å². The van der Waals surface area contributed by atoms with E-state index in [1.165, 1.54) is 0 Å². The Labute approximate surface area is 116 Å². The Hall–Kier alpha value is -0.610. The second-order valence-electron chi connectivity index (χ2n) is 4.93. The standard InChI is InChI=1S/C13H14Cl2N2O/c14-8-5-4-7(6-9(8)15)13-12-10(16-17-13)2-1-3-11(12)18/h4-6,10,12-13,16-17H,1-3H2. The number of hydrazine groups is 1. The Morgan fingerprint density at radius 2 is 2.00 bits per heavy atom. The van der Waals surface area contributed by atoms with Gasteiger partial charge in [-0.25, -0.2) is 5.43 Å².